The Morgan fingerprint density at radius 3 is 2.52 bits per heavy atom. The minimum absolute atomic E-state index is 0.0281. The molecule has 3 aromatic rings. The van der Waals surface area contributed by atoms with Crippen LogP contribution in [0.25, 0.3) is 10.8 Å². The molecule has 1 fully saturated rings. The van der Waals surface area contributed by atoms with Crippen LogP contribution in [0.15, 0.2) is 60.7 Å². The Kier molecular flexibility index (Phi) is 5.63. The number of ether oxygens (including phenoxy) is 1. The van der Waals surface area contributed by atoms with Crippen LogP contribution >= 0.6 is 11.6 Å². The van der Waals surface area contributed by atoms with E-state index in [2.05, 4.69) is 11.8 Å². The van der Waals surface area contributed by atoms with Crippen molar-refractivity contribution in [3.63, 3.8) is 0 Å². The minimum atomic E-state index is -0.528. The molecule has 1 amide bonds. The van der Waals surface area contributed by atoms with Gasteiger partial charge in [-0.15, -0.1) is 0 Å². The molecule has 0 aromatic heterocycles. The number of piperazine rings is 1. The van der Waals surface area contributed by atoms with Gasteiger partial charge in [0.1, 0.15) is 5.75 Å². The summed E-state index contributed by atoms with van der Waals surface area (Å²) in [7, 11) is 0. The zero-order chi connectivity index (χ0) is 20.4. The van der Waals surface area contributed by atoms with Crippen LogP contribution < -0.4 is 9.64 Å². The van der Waals surface area contributed by atoms with Gasteiger partial charge in [-0.25, -0.2) is 0 Å². The molecule has 1 saturated heterocycles. The monoisotopic (exact) mass is 408 g/mol. The summed E-state index contributed by atoms with van der Waals surface area (Å²) in [6.07, 6.45) is -0.528. The van der Waals surface area contributed by atoms with E-state index in [1.54, 1.807) is 0 Å². The largest absolute Gasteiger partial charge is 0.480 e. The summed E-state index contributed by atoms with van der Waals surface area (Å²) in [5, 5.41) is 2.87. The number of fused-ring (bicyclic) bond motifs is 1. The zero-order valence-electron chi connectivity index (χ0n) is 16.8. The molecule has 4 rings (SSSR count). The first-order valence-corrected chi connectivity index (χ1v) is 10.3. The molecule has 0 unspecified atom stereocenters. The maximum absolute atomic E-state index is 13.0. The number of benzene rings is 3. The second-order valence-electron chi connectivity index (χ2n) is 7.48. The SMILES string of the molecule is Cc1ccc(Cl)cc1N1CCN(C(=O)[C@H](C)Oc2cccc3ccccc23)CC1. The highest BCUT2D eigenvalue weighted by Gasteiger charge is 2.27. The molecule has 0 N–H and O–H groups in total. The zero-order valence-corrected chi connectivity index (χ0v) is 17.5. The van der Waals surface area contributed by atoms with E-state index in [4.69, 9.17) is 16.3 Å². The lowest BCUT2D eigenvalue weighted by atomic mass is 10.1. The highest BCUT2D eigenvalue weighted by atomic mass is 35.5. The van der Waals surface area contributed by atoms with Crippen molar-refractivity contribution in [3.05, 3.63) is 71.2 Å². The molecule has 29 heavy (non-hydrogen) atoms. The fraction of sp³-hybridized carbons (Fsp3) is 0.292. The van der Waals surface area contributed by atoms with Gasteiger partial charge in [-0.1, -0.05) is 54.1 Å². The number of amides is 1. The van der Waals surface area contributed by atoms with Gasteiger partial charge in [0, 0.05) is 42.3 Å². The lowest BCUT2D eigenvalue weighted by Gasteiger charge is -2.37. The predicted octanol–water partition coefficient (Wildman–Crippen LogP) is 4.92. The summed E-state index contributed by atoms with van der Waals surface area (Å²) in [4.78, 5) is 17.2. The Hall–Kier alpha value is -2.72. The molecular formula is C24H25ClN2O2. The van der Waals surface area contributed by atoms with E-state index in [0.29, 0.717) is 13.1 Å². The number of halogens is 1. The average Bonchev–Trinajstić information content (AvgIpc) is 2.75. The van der Waals surface area contributed by atoms with Crippen LogP contribution in [0.5, 0.6) is 5.75 Å². The Morgan fingerprint density at radius 2 is 1.72 bits per heavy atom. The van der Waals surface area contributed by atoms with E-state index in [9.17, 15) is 4.79 Å². The van der Waals surface area contributed by atoms with Crippen molar-refractivity contribution < 1.29 is 9.53 Å². The van der Waals surface area contributed by atoms with Gasteiger partial charge in [-0.3, -0.25) is 4.79 Å². The van der Waals surface area contributed by atoms with Gasteiger partial charge in [0.25, 0.3) is 5.91 Å². The first-order valence-electron chi connectivity index (χ1n) is 9.97. The molecule has 1 aliphatic rings. The number of hydrogen-bond acceptors (Lipinski definition) is 3. The van der Waals surface area contributed by atoms with E-state index >= 15 is 0 Å². The van der Waals surface area contributed by atoms with Crippen LogP contribution in [0.4, 0.5) is 5.69 Å². The van der Waals surface area contributed by atoms with Gasteiger partial charge in [0.05, 0.1) is 0 Å². The Morgan fingerprint density at radius 1 is 1.00 bits per heavy atom. The molecule has 3 aromatic carbocycles. The van der Waals surface area contributed by atoms with Crippen molar-refractivity contribution in [2.24, 2.45) is 0 Å². The smallest absolute Gasteiger partial charge is 0.263 e. The second-order valence-corrected chi connectivity index (χ2v) is 7.92. The van der Waals surface area contributed by atoms with Crippen molar-refractivity contribution >= 4 is 34.0 Å². The summed E-state index contributed by atoms with van der Waals surface area (Å²) < 4.78 is 6.07. The van der Waals surface area contributed by atoms with E-state index < -0.39 is 6.10 Å². The van der Waals surface area contributed by atoms with Crippen molar-refractivity contribution in [2.45, 2.75) is 20.0 Å². The molecule has 0 saturated carbocycles. The maximum Gasteiger partial charge on any atom is 0.263 e. The molecule has 0 aliphatic carbocycles. The van der Waals surface area contributed by atoms with Crippen molar-refractivity contribution in [1.29, 1.82) is 0 Å². The third-order valence-electron chi connectivity index (χ3n) is 5.50. The number of aryl methyl sites for hydroxylation is 1. The number of anilines is 1. The van der Waals surface area contributed by atoms with Gasteiger partial charge in [0.15, 0.2) is 6.10 Å². The molecule has 5 heteroatoms. The average molecular weight is 409 g/mol. The van der Waals surface area contributed by atoms with Crippen LogP contribution in [0.2, 0.25) is 5.02 Å². The van der Waals surface area contributed by atoms with Gasteiger partial charge >= 0.3 is 0 Å². The van der Waals surface area contributed by atoms with Gasteiger partial charge < -0.3 is 14.5 Å². The Labute approximate surface area is 176 Å². The van der Waals surface area contributed by atoms with Crippen molar-refractivity contribution in [1.82, 2.24) is 4.90 Å². The Balaban J connectivity index is 1.41. The standard InChI is InChI=1S/C24H25ClN2O2/c1-17-10-11-20(25)16-22(17)26-12-14-27(15-13-26)24(28)18(2)29-23-9-5-7-19-6-3-4-8-21(19)23/h3-11,16,18H,12-15H2,1-2H3/t18-/m0/s1. The topological polar surface area (TPSA) is 32.8 Å². The third-order valence-corrected chi connectivity index (χ3v) is 5.74. The molecule has 1 atom stereocenters. The molecule has 1 aliphatic heterocycles. The summed E-state index contributed by atoms with van der Waals surface area (Å²) in [6, 6.07) is 19.9. The highest BCUT2D eigenvalue weighted by molar-refractivity contribution is 6.30. The van der Waals surface area contributed by atoms with Crippen LogP contribution in [-0.2, 0) is 4.79 Å². The van der Waals surface area contributed by atoms with E-state index in [-0.39, 0.29) is 5.91 Å². The number of rotatable bonds is 4. The quantitative estimate of drug-likeness (QED) is 0.614. The maximum atomic E-state index is 13.0. The van der Waals surface area contributed by atoms with E-state index in [0.717, 1.165) is 40.3 Å². The van der Waals surface area contributed by atoms with Crippen LogP contribution in [0.1, 0.15) is 12.5 Å². The van der Waals surface area contributed by atoms with Crippen molar-refractivity contribution in [3.8, 4) is 5.75 Å². The number of carbonyl (C=O) groups is 1. The molecule has 0 spiro atoms. The third kappa shape index (κ3) is 4.18. The second kappa shape index (κ2) is 8.34. The number of carbonyl (C=O) groups excluding carboxylic acids is 1. The summed E-state index contributed by atoms with van der Waals surface area (Å²) in [6.45, 7) is 6.84. The summed E-state index contributed by atoms with van der Waals surface area (Å²) in [5.41, 5.74) is 2.34. The van der Waals surface area contributed by atoms with Gasteiger partial charge in [-0.2, -0.15) is 0 Å². The molecule has 150 valence electrons. The summed E-state index contributed by atoms with van der Waals surface area (Å²) in [5.74, 6) is 0.775. The molecule has 0 radical (unpaired) electrons. The number of nitrogens with zero attached hydrogens (tertiary/aromatic N) is 2. The van der Waals surface area contributed by atoms with Gasteiger partial charge in [0.2, 0.25) is 0 Å². The van der Waals surface area contributed by atoms with E-state index in [1.165, 1.54) is 5.56 Å². The fourth-order valence-corrected chi connectivity index (χ4v) is 4.05. The lowest BCUT2D eigenvalue weighted by molar-refractivity contribution is -0.138. The van der Waals surface area contributed by atoms with Crippen LogP contribution in [0.3, 0.4) is 0 Å². The Bertz CT molecular complexity index is 1020. The normalized spacial score (nSPS) is 15.4. The molecule has 1 heterocycles. The van der Waals surface area contributed by atoms with E-state index in [1.807, 2.05) is 72.5 Å². The van der Waals surface area contributed by atoms with Gasteiger partial charge in [-0.05, 0) is 43.0 Å². The molecular weight excluding hydrogens is 384 g/mol. The molecule has 4 nitrogen and oxygen atoms in total. The minimum Gasteiger partial charge on any atom is -0.480 e. The summed E-state index contributed by atoms with van der Waals surface area (Å²) >= 11 is 6.17. The first-order chi connectivity index (χ1) is 14.0. The lowest BCUT2D eigenvalue weighted by Crippen LogP contribution is -2.52. The van der Waals surface area contributed by atoms with Crippen LogP contribution in [-0.4, -0.2) is 43.1 Å². The predicted molar refractivity (Wildman–Crippen MR) is 119 cm³/mol. The molecule has 0 bridgehead atoms. The fourth-order valence-electron chi connectivity index (χ4n) is 3.89. The first kappa shape index (κ1) is 19.6. The van der Waals surface area contributed by atoms with Crippen molar-refractivity contribution in [2.75, 3.05) is 31.1 Å². The van der Waals surface area contributed by atoms with Crippen LogP contribution in [0, 0.1) is 6.92 Å². The number of hydrogen-bond donors (Lipinski definition) is 0. The highest BCUT2D eigenvalue weighted by Crippen LogP contribution is 2.27.